The molecule has 0 amide bonds. The maximum Gasteiger partial charge on any atom is 0.218 e. The molecule has 0 aliphatic rings. The number of aryl methyl sites for hydroxylation is 1. The summed E-state index contributed by atoms with van der Waals surface area (Å²) < 4.78 is 9.34. The molecule has 4 aromatic heterocycles. The molecule has 10 heteroatoms. The Morgan fingerprint density at radius 2 is 1.90 bits per heavy atom. The fraction of sp³-hybridized carbons (Fsp3) is 0.138. The minimum absolute atomic E-state index is 0.259. The van der Waals surface area contributed by atoms with Gasteiger partial charge >= 0.3 is 0 Å². The molecular weight excluding hydrogens is 514 g/mol. The summed E-state index contributed by atoms with van der Waals surface area (Å²) in [5.41, 5.74) is 6.69. The van der Waals surface area contributed by atoms with Gasteiger partial charge in [-0.05, 0) is 41.5 Å². The van der Waals surface area contributed by atoms with Crippen LogP contribution in [-0.2, 0) is 20.1 Å². The van der Waals surface area contributed by atoms with Crippen molar-refractivity contribution in [2.75, 3.05) is 7.11 Å². The van der Waals surface area contributed by atoms with E-state index < -0.39 is 0 Å². The minimum atomic E-state index is -0.259. The Morgan fingerprint density at radius 3 is 2.59 bits per heavy atom. The van der Waals surface area contributed by atoms with Crippen LogP contribution >= 0.6 is 11.6 Å². The Balaban J connectivity index is 1.43. The lowest BCUT2D eigenvalue weighted by Crippen LogP contribution is -2.02. The Hall–Kier alpha value is -4.60. The van der Waals surface area contributed by atoms with E-state index in [2.05, 4.69) is 20.1 Å². The summed E-state index contributed by atoms with van der Waals surface area (Å²) in [5, 5.41) is 15.3. The zero-order valence-electron chi connectivity index (χ0n) is 21.3. The van der Waals surface area contributed by atoms with Gasteiger partial charge in [0.05, 0.1) is 47.2 Å². The standard InChI is InChI=1S/C29H24ClN7O2/c1-36-17-31-15-25(36)28-23(14-32-26(16-38)35-28)19-6-9-24-21(13-19)27(30)22(29(34-24)39-2)12-18-4-7-20(8-5-18)37-11-3-10-33-37/h3-11,13-15,17,38H,12,16H2,1-2H3. The smallest absolute Gasteiger partial charge is 0.218 e. The molecule has 39 heavy (non-hydrogen) atoms. The Labute approximate surface area is 229 Å². The van der Waals surface area contributed by atoms with Crippen LogP contribution in [0.1, 0.15) is 17.0 Å². The molecule has 4 heterocycles. The van der Waals surface area contributed by atoms with E-state index in [0.29, 0.717) is 34.4 Å². The highest BCUT2D eigenvalue weighted by atomic mass is 35.5. The van der Waals surface area contributed by atoms with Crippen molar-refractivity contribution in [3.05, 3.63) is 102 Å². The molecule has 0 spiro atoms. The summed E-state index contributed by atoms with van der Waals surface area (Å²) in [6.07, 6.45) is 9.37. The highest BCUT2D eigenvalue weighted by molar-refractivity contribution is 6.36. The lowest BCUT2D eigenvalue weighted by molar-refractivity contribution is 0.271. The second-order valence-electron chi connectivity index (χ2n) is 9.04. The number of methoxy groups -OCH3 is 1. The van der Waals surface area contributed by atoms with Gasteiger partial charge in [-0.15, -0.1) is 0 Å². The molecule has 0 radical (unpaired) electrons. The molecule has 0 aliphatic carbocycles. The summed E-state index contributed by atoms with van der Waals surface area (Å²) in [6, 6.07) is 15.9. The van der Waals surface area contributed by atoms with Crippen LogP contribution in [0, 0.1) is 0 Å². The van der Waals surface area contributed by atoms with Gasteiger partial charge in [0.25, 0.3) is 0 Å². The maximum absolute atomic E-state index is 9.64. The van der Waals surface area contributed by atoms with Crippen molar-refractivity contribution >= 4 is 22.5 Å². The highest BCUT2D eigenvalue weighted by Gasteiger charge is 2.19. The maximum atomic E-state index is 9.64. The lowest BCUT2D eigenvalue weighted by atomic mass is 9.99. The van der Waals surface area contributed by atoms with Gasteiger partial charge in [0.2, 0.25) is 5.88 Å². The van der Waals surface area contributed by atoms with Crippen LogP contribution in [0.15, 0.2) is 79.6 Å². The number of rotatable bonds is 7. The third-order valence-corrected chi connectivity index (χ3v) is 7.04. The molecule has 0 saturated heterocycles. The predicted octanol–water partition coefficient (Wildman–Crippen LogP) is 5.02. The van der Waals surface area contributed by atoms with Crippen LogP contribution in [0.3, 0.4) is 0 Å². The SMILES string of the molecule is COc1nc2ccc(-c3cnc(CO)nc3-c3cncn3C)cc2c(Cl)c1Cc1ccc(-n2cccn2)cc1. The Bertz CT molecular complexity index is 1780. The molecule has 2 aromatic carbocycles. The van der Waals surface area contributed by atoms with Gasteiger partial charge in [-0.25, -0.2) is 24.6 Å². The van der Waals surface area contributed by atoms with Gasteiger partial charge in [-0.1, -0.05) is 29.8 Å². The van der Waals surface area contributed by atoms with Crippen molar-refractivity contribution in [2.24, 2.45) is 7.05 Å². The number of halogens is 1. The first-order valence-corrected chi connectivity index (χ1v) is 12.6. The summed E-state index contributed by atoms with van der Waals surface area (Å²) >= 11 is 7.05. The number of ether oxygens (including phenoxy) is 1. The molecule has 9 nitrogen and oxygen atoms in total. The van der Waals surface area contributed by atoms with Crippen molar-refractivity contribution in [3.8, 4) is 34.1 Å². The normalized spacial score (nSPS) is 11.3. The molecular formula is C29H24ClN7O2. The molecule has 0 aliphatic heterocycles. The molecule has 0 fully saturated rings. The average Bonchev–Trinajstić information content (AvgIpc) is 3.66. The molecule has 6 aromatic rings. The van der Waals surface area contributed by atoms with Gasteiger partial charge < -0.3 is 14.4 Å². The van der Waals surface area contributed by atoms with Crippen LogP contribution < -0.4 is 4.74 Å². The summed E-state index contributed by atoms with van der Waals surface area (Å²) in [5.74, 6) is 0.823. The van der Waals surface area contributed by atoms with Gasteiger partial charge in [-0.2, -0.15) is 5.10 Å². The van der Waals surface area contributed by atoms with Crippen LogP contribution in [0.4, 0.5) is 0 Å². The molecule has 194 valence electrons. The first-order chi connectivity index (χ1) is 19.1. The van der Waals surface area contributed by atoms with Crippen LogP contribution in [0.25, 0.3) is 39.1 Å². The minimum Gasteiger partial charge on any atom is -0.481 e. The lowest BCUT2D eigenvalue weighted by Gasteiger charge is -2.15. The monoisotopic (exact) mass is 537 g/mol. The number of fused-ring (bicyclic) bond motifs is 1. The van der Waals surface area contributed by atoms with E-state index >= 15 is 0 Å². The zero-order chi connectivity index (χ0) is 26.9. The Morgan fingerprint density at radius 1 is 1.05 bits per heavy atom. The molecule has 0 unspecified atom stereocenters. The molecule has 0 saturated carbocycles. The van der Waals surface area contributed by atoms with E-state index in [9.17, 15) is 5.11 Å². The van der Waals surface area contributed by atoms with E-state index in [0.717, 1.165) is 39.0 Å². The van der Waals surface area contributed by atoms with Crippen molar-refractivity contribution < 1.29 is 9.84 Å². The molecule has 0 atom stereocenters. The summed E-state index contributed by atoms with van der Waals surface area (Å²) in [6.45, 7) is -0.259. The van der Waals surface area contributed by atoms with E-state index in [1.54, 1.807) is 32.0 Å². The predicted molar refractivity (Wildman–Crippen MR) is 149 cm³/mol. The summed E-state index contributed by atoms with van der Waals surface area (Å²) in [4.78, 5) is 17.9. The Kier molecular flexibility index (Phi) is 6.52. The second-order valence-corrected chi connectivity index (χ2v) is 9.41. The van der Waals surface area contributed by atoms with Crippen molar-refractivity contribution in [3.63, 3.8) is 0 Å². The molecule has 6 rings (SSSR count). The number of nitrogens with zero attached hydrogens (tertiary/aromatic N) is 7. The molecule has 1 N–H and O–H groups in total. The van der Waals surface area contributed by atoms with Crippen molar-refractivity contribution in [1.82, 2.24) is 34.3 Å². The van der Waals surface area contributed by atoms with Gasteiger partial charge in [0, 0.05) is 48.6 Å². The topological polar surface area (TPSA) is 104 Å². The van der Waals surface area contributed by atoms with E-state index in [4.69, 9.17) is 21.3 Å². The van der Waals surface area contributed by atoms with Crippen molar-refractivity contribution in [2.45, 2.75) is 13.0 Å². The van der Waals surface area contributed by atoms with Crippen molar-refractivity contribution in [1.29, 1.82) is 0 Å². The third-order valence-electron chi connectivity index (χ3n) is 6.61. The molecule has 0 bridgehead atoms. The van der Waals surface area contributed by atoms with E-state index in [-0.39, 0.29) is 6.61 Å². The first kappa shape index (κ1) is 24.7. The van der Waals surface area contributed by atoms with Crippen LogP contribution in [0.2, 0.25) is 5.02 Å². The average molecular weight is 538 g/mol. The zero-order valence-corrected chi connectivity index (χ0v) is 22.0. The first-order valence-electron chi connectivity index (χ1n) is 12.2. The van der Waals surface area contributed by atoms with Crippen LogP contribution in [0.5, 0.6) is 5.88 Å². The van der Waals surface area contributed by atoms with Gasteiger partial charge in [-0.3, -0.25) is 0 Å². The number of pyridine rings is 1. The van der Waals surface area contributed by atoms with E-state index in [1.165, 1.54) is 0 Å². The number of benzene rings is 2. The number of aliphatic hydroxyl groups is 1. The third kappa shape index (κ3) is 4.62. The largest absolute Gasteiger partial charge is 0.481 e. The van der Waals surface area contributed by atoms with Gasteiger partial charge in [0.1, 0.15) is 6.61 Å². The highest BCUT2D eigenvalue weighted by Crippen LogP contribution is 2.37. The quantitative estimate of drug-likeness (QED) is 0.305. The fourth-order valence-corrected chi connectivity index (χ4v) is 4.91. The summed E-state index contributed by atoms with van der Waals surface area (Å²) in [7, 11) is 3.50. The number of imidazole rings is 1. The fourth-order valence-electron chi connectivity index (χ4n) is 4.61. The van der Waals surface area contributed by atoms with E-state index in [1.807, 2.05) is 71.0 Å². The number of hydrogen-bond acceptors (Lipinski definition) is 7. The number of hydrogen-bond donors (Lipinski definition) is 1. The number of aliphatic hydroxyl groups excluding tert-OH is 1. The van der Waals surface area contributed by atoms with Crippen LogP contribution in [-0.4, -0.2) is 46.5 Å². The van der Waals surface area contributed by atoms with Gasteiger partial charge in [0.15, 0.2) is 5.82 Å². The second kappa shape index (κ2) is 10.3. The number of aromatic nitrogens is 7.